The molecule has 1 unspecified atom stereocenters. The van der Waals surface area contributed by atoms with Crippen molar-refractivity contribution in [3.8, 4) is 0 Å². The molecule has 0 saturated carbocycles. The maximum absolute atomic E-state index is 11.4. The van der Waals surface area contributed by atoms with Gasteiger partial charge in [0.05, 0.1) is 0 Å². The van der Waals surface area contributed by atoms with Crippen molar-refractivity contribution in [1.82, 2.24) is 0 Å². The van der Waals surface area contributed by atoms with Gasteiger partial charge < -0.3 is 8.85 Å². The monoisotopic (exact) mass is 230 g/mol. The average Bonchev–Trinajstić information content (AvgIpc) is 2.01. The summed E-state index contributed by atoms with van der Waals surface area (Å²) in [6.45, 7) is 13.1. The minimum absolute atomic E-state index is 0.0890. The van der Waals surface area contributed by atoms with Gasteiger partial charge in [0.25, 0.3) is 0 Å². The molecular formula is C11H22O3Si. The van der Waals surface area contributed by atoms with Crippen molar-refractivity contribution >= 4 is 14.5 Å². The first-order valence-corrected chi connectivity index (χ1v) is 7.89. The topological polar surface area (TPSA) is 35.5 Å². The fourth-order valence-electron chi connectivity index (χ4n) is 1.37. The first-order valence-electron chi connectivity index (χ1n) is 5.37. The second-order valence-electron chi connectivity index (χ2n) is 4.22. The normalized spacial score (nSPS) is 14.8. The van der Waals surface area contributed by atoms with Crippen LogP contribution in [-0.4, -0.2) is 20.6 Å². The Hall–Kier alpha value is -0.613. The molecule has 0 heterocycles. The Morgan fingerprint density at radius 2 is 2.00 bits per heavy atom. The molecule has 0 aromatic carbocycles. The molecule has 15 heavy (non-hydrogen) atoms. The van der Waals surface area contributed by atoms with Gasteiger partial charge in [-0.25, -0.2) is 4.79 Å². The van der Waals surface area contributed by atoms with Crippen LogP contribution in [-0.2, 0) is 13.6 Å². The molecule has 0 rings (SSSR count). The van der Waals surface area contributed by atoms with Crippen LogP contribution >= 0.6 is 0 Å². The van der Waals surface area contributed by atoms with E-state index in [0.29, 0.717) is 5.57 Å². The minimum atomic E-state index is -2.35. The molecule has 1 atom stereocenters. The van der Waals surface area contributed by atoms with Crippen molar-refractivity contribution in [2.75, 3.05) is 0 Å². The molecule has 0 saturated heterocycles. The summed E-state index contributed by atoms with van der Waals surface area (Å²) in [5, 5.41) is 0. The second kappa shape index (κ2) is 6.08. The number of rotatable bonds is 6. The molecule has 0 fully saturated rings. The molecule has 0 aromatic rings. The lowest BCUT2D eigenvalue weighted by Gasteiger charge is -2.28. The van der Waals surface area contributed by atoms with Crippen molar-refractivity contribution in [3.63, 3.8) is 0 Å². The first-order chi connectivity index (χ1) is 6.80. The van der Waals surface area contributed by atoms with Crippen molar-refractivity contribution in [3.05, 3.63) is 12.2 Å². The zero-order valence-electron chi connectivity index (χ0n) is 10.4. The molecule has 0 bridgehead atoms. The van der Waals surface area contributed by atoms with Crippen molar-refractivity contribution < 1.29 is 13.6 Å². The average molecular weight is 230 g/mol. The Kier molecular flexibility index (Phi) is 5.83. The Morgan fingerprint density at radius 1 is 1.47 bits per heavy atom. The van der Waals surface area contributed by atoms with Crippen LogP contribution in [0.15, 0.2) is 12.2 Å². The summed E-state index contributed by atoms with van der Waals surface area (Å²) in [4.78, 5) is 11.4. The van der Waals surface area contributed by atoms with Crippen molar-refractivity contribution in [1.29, 1.82) is 0 Å². The molecule has 0 radical (unpaired) electrons. The van der Waals surface area contributed by atoms with Gasteiger partial charge >= 0.3 is 14.5 Å². The molecular weight excluding hydrogens is 208 g/mol. The van der Waals surface area contributed by atoms with Crippen LogP contribution in [0.2, 0.25) is 12.6 Å². The SMILES string of the molecule is C=C(C)C(=O)O[Si](C)(CCC)OC(C)C. The number of carbonyl (C=O) groups excluding carboxylic acids is 1. The third-order valence-corrected chi connectivity index (χ3v) is 4.84. The van der Waals surface area contributed by atoms with E-state index in [0.717, 1.165) is 12.5 Å². The molecule has 0 aliphatic heterocycles. The second-order valence-corrected chi connectivity index (χ2v) is 7.43. The highest BCUT2D eigenvalue weighted by molar-refractivity contribution is 6.67. The van der Waals surface area contributed by atoms with Crippen LogP contribution < -0.4 is 0 Å². The van der Waals surface area contributed by atoms with E-state index in [1.54, 1.807) is 6.92 Å². The van der Waals surface area contributed by atoms with Gasteiger partial charge in [0.2, 0.25) is 0 Å². The Bertz CT molecular complexity index is 238. The number of hydrogen-bond acceptors (Lipinski definition) is 3. The highest BCUT2D eigenvalue weighted by Gasteiger charge is 2.35. The third kappa shape index (κ3) is 5.74. The molecule has 0 spiro atoms. The first kappa shape index (κ1) is 14.4. The lowest BCUT2D eigenvalue weighted by atomic mass is 10.4. The molecule has 0 amide bonds. The minimum Gasteiger partial charge on any atom is -0.491 e. The molecule has 0 aliphatic rings. The maximum Gasteiger partial charge on any atom is 0.398 e. The fourth-order valence-corrected chi connectivity index (χ4v) is 4.11. The van der Waals surface area contributed by atoms with Gasteiger partial charge in [0, 0.05) is 17.7 Å². The predicted octanol–water partition coefficient (Wildman–Crippen LogP) is 3.01. The van der Waals surface area contributed by atoms with E-state index < -0.39 is 8.56 Å². The van der Waals surface area contributed by atoms with Crippen LogP contribution in [0.5, 0.6) is 0 Å². The highest BCUT2D eigenvalue weighted by Crippen LogP contribution is 2.19. The molecule has 88 valence electrons. The van der Waals surface area contributed by atoms with Gasteiger partial charge in [-0.3, -0.25) is 0 Å². The fraction of sp³-hybridized carbons (Fsp3) is 0.727. The largest absolute Gasteiger partial charge is 0.491 e. The predicted molar refractivity (Wildman–Crippen MR) is 63.8 cm³/mol. The van der Waals surface area contributed by atoms with Crippen LogP contribution in [0.1, 0.15) is 34.1 Å². The van der Waals surface area contributed by atoms with Crippen LogP contribution in [0.4, 0.5) is 0 Å². The Balaban J connectivity index is 4.49. The zero-order valence-corrected chi connectivity index (χ0v) is 11.4. The van der Waals surface area contributed by atoms with Gasteiger partial charge in [-0.05, 0) is 27.3 Å². The quantitative estimate of drug-likeness (QED) is 0.520. The van der Waals surface area contributed by atoms with Gasteiger partial charge in [0.1, 0.15) is 0 Å². The van der Waals surface area contributed by atoms with E-state index >= 15 is 0 Å². The maximum atomic E-state index is 11.4. The van der Waals surface area contributed by atoms with E-state index in [2.05, 4.69) is 13.5 Å². The van der Waals surface area contributed by atoms with E-state index in [4.69, 9.17) is 8.85 Å². The van der Waals surface area contributed by atoms with Gasteiger partial charge in [0.15, 0.2) is 0 Å². The smallest absolute Gasteiger partial charge is 0.398 e. The molecule has 0 N–H and O–H groups in total. The summed E-state index contributed by atoms with van der Waals surface area (Å²) in [6.07, 6.45) is 1.05. The van der Waals surface area contributed by atoms with E-state index in [1.807, 2.05) is 20.4 Å². The number of carbonyl (C=O) groups is 1. The van der Waals surface area contributed by atoms with Gasteiger partial charge in [-0.1, -0.05) is 19.9 Å². The third-order valence-electron chi connectivity index (χ3n) is 1.85. The van der Waals surface area contributed by atoms with E-state index in [1.165, 1.54) is 0 Å². The summed E-state index contributed by atoms with van der Waals surface area (Å²) in [5.41, 5.74) is 0.428. The van der Waals surface area contributed by atoms with Crippen molar-refractivity contribution in [2.45, 2.75) is 52.8 Å². The van der Waals surface area contributed by atoms with Crippen molar-refractivity contribution in [2.24, 2.45) is 0 Å². The lowest BCUT2D eigenvalue weighted by molar-refractivity contribution is -0.132. The summed E-state index contributed by atoms with van der Waals surface area (Å²) in [5.74, 6) is -0.335. The highest BCUT2D eigenvalue weighted by atomic mass is 28.4. The standard InChI is InChI=1S/C11H22O3Si/c1-7-8-15(6,13-10(4)5)14-11(12)9(2)3/h10H,2,7-8H2,1,3-6H3. The number of hydrogen-bond donors (Lipinski definition) is 0. The molecule has 4 heteroatoms. The molecule has 0 aromatic heterocycles. The molecule has 3 nitrogen and oxygen atoms in total. The van der Waals surface area contributed by atoms with Crippen LogP contribution in [0.3, 0.4) is 0 Å². The van der Waals surface area contributed by atoms with E-state index in [-0.39, 0.29) is 12.1 Å². The summed E-state index contributed by atoms with van der Waals surface area (Å²) >= 11 is 0. The lowest BCUT2D eigenvalue weighted by Crippen LogP contribution is -2.42. The Labute approximate surface area is 93.7 Å². The molecule has 0 aliphatic carbocycles. The summed E-state index contributed by atoms with van der Waals surface area (Å²) < 4.78 is 11.2. The Morgan fingerprint density at radius 3 is 2.33 bits per heavy atom. The van der Waals surface area contributed by atoms with Gasteiger partial charge in [-0.15, -0.1) is 0 Å². The summed E-state index contributed by atoms with van der Waals surface area (Å²) in [6, 6.07) is 0.824. The zero-order chi connectivity index (χ0) is 12.1. The van der Waals surface area contributed by atoms with Crippen LogP contribution in [0.25, 0.3) is 0 Å². The van der Waals surface area contributed by atoms with Crippen LogP contribution in [0, 0.1) is 0 Å². The van der Waals surface area contributed by atoms with Gasteiger partial charge in [-0.2, -0.15) is 0 Å². The van der Waals surface area contributed by atoms with E-state index in [9.17, 15) is 4.79 Å². The summed E-state index contributed by atoms with van der Waals surface area (Å²) in [7, 11) is -2.35.